The van der Waals surface area contributed by atoms with Crippen LogP contribution >= 0.6 is 24.0 Å². The monoisotopic (exact) mass is 446 g/mol. The zero-order valence-corrected chi connectivity index (χ0v) is 17.1. The van der Waals surface area contributed by atoms with Crippen LogP contribution in [0.1, 0.15) is 22.8 Å². The van der Waals surface area contributed by atoms with E-state index in [4.69, 9.17) is 17.3 Å². The van der Waals surface area contributed by atoms with Gasteiger partial charge in [-0.1, -0.05) is 42.2 Å². The van der Waals surface area contributed by atoms with Crippen LogP contribution in [0.2, 0.25) is 0 Å². The first-order valence-electron chi connectivity index (χ1n) is 8.58. The molecule has 1 atom stereocenters. The molecule has 0 bridgehead atoms. The van der Waals surface area contributed by atoms with Gasteiger partial charge >= 0.3 is 5.97 Å². The van der Waals surface area contributed by atoms with Gasteiger partial charge in [0.15, 0.2) is 0 Å². The number of thiocarbonyl (C=S) groups is 1. The van der Waals surface area contributed by atoms with Crippen molar-refractivity contribution >= 4 is 57.8 Å². The number of anilines is 1. The number of hydrogen-bond acceptors (Lipinski definition) is 6. The van der Waals surface area contributed by atoms with E-state index in [0.717, 1.165) is 28.8 Å². The highest BCUT2D eigenvalue weighted by Crippen LogP contribution is 2.34. The van der Waals surface area contributed by atoms with Gasteiger partial charge in [0.1, 0.15) is 27.5 Å². The van der Waals surface area contributed by atoms with E-state index in [2.05, 4.69) is 5.32 Å². The number of nitrogens with one attached hydrogen (secondary N) is 1. The van der Waals surface area contributed by atoms with Gasteiger partial charge < -0.3 is 15.5 Å². The average Bonchev–Trinajstić information content (AvgIpc) is 2.97. The molecule has 154 valence electrons. The van der Waals surface area contributed by atoms with Gasteiger partial charge in [-0.05, 0) is 37.3 Å². The number of benzene rings is 2. The Morgan fingerprint density at radius 2 is 1.97 bits per heavy atom. The third-order valence-corrected chi connectivity index (χ3v) is 5.61. The fraction of sp³-hybridized carbons (Fsp3) is 0.100. The number of thioether (sulfide) groups is 1. The van der Waals surface area contributed by atoms with E-state index in [1.165, 1.54) is 37.3 Å². The zero-order chi connectivity index (χ0) is 22.0. The highest BCUT2D eigenvalue weighted by atomic mass is 32.2. The van der Waals surface area contributed by atoms with Crippen molar-refractivity contribution in [3.05, 3.63) is 64.3 Å². The lowest BCUT2D eigenvalue weighted by Gasteiger charge is -2.22. The number of phenols is 1. The van der Waals surface area contributed by atoms with E-state index >= 15 is 0 Å². The van der Waals surface area contributed by atoms with Crippen molar-refractivity contribution in [2.24, 2.45) is 0 Å². The van der Waals surface area contributed by atoms with Crippen LogP contribution < -0.4 is 5.32 Å². The standard InChI is InChI=1S/C20H15FN2O5S2/c1-10(17(25)22-12-6-7-15(24)13(9-12)19(27)28)23-18(26)16(30-20(23)29)8-11-4-2-3-5-14(11)21/h2-10,24H,1H3,(H,22,25)(H,27,28)/b16-8+. The predicted octanol–water partition coefficient (Wildman–Crippen LogP) is 3.46. The molecule has 2 aromatic carbocycles. The molecule has 0 aliphatic carbocycles. The summed E-state index contributed by atoms with van der Waals surface area (Å²) in [4.78, 5) is 37.8. The lowest BCUT2D eigenvalue weighted by Crippen LogP contribution is -2.44. The second-order valence-electron chi connectivity index (χ2n) is 6.28. The Kier molecular flexibility index (Phi) is 6.18. The number of hydrogen-bond donors (Lipinski definition) is 3. The largest absolute Gasteiger partial charge is 0.507 e. The maximum atomic E-state index is 13.9. The van der Waals surface area contributed by atoms with Gasteiger partial charge in [-0.15, -0.1) is 0 Å². The van der Waals surface area contributed by atoms with Crippen LogP contribution in [-0.4, -0.2) is 43.3 Å². The maximum absolute atomic E-state index is 13.9. The van der Waals surface area contributed by atoms with Crippen LogP contribution in [0.3, 0.4) is 0 Å². The number of aromatic carboxylic acids is 1. The fourth-order valence-electron chi connectivity index (χ4n) is 2.70. The Balaban J connectivity index is 1.79. The van der Waals surface area contributed by atoms with Gasteiger partial charge in [-0.25, -0.2) is 9.18 Å². The number of amides is 2. The summed E-state index contributed by atoms with van der Waals surface area (Å²) < 4.78 is 14.0. The molecule has 1 aliphatic rings. The highest BCUT2D eigenvalue weighted by Gasteiger charge is 2.38. The molecule has 0 saturated carbocycles. The third-order valence-electron chi connectivity index (χ3n) is 4.28. The number of carboxylic acids is 1. The SMILES string of the molecule is CC(C(=O)Nc1ccc(O)c(C(=O)O)c1)N1C(=O)/C(=C\c2ccccc2F)SC1=S. The summed E-state index contributed by atoms with van der Waals surface area (Å²) in [5, 5.41) is 21.1. The van der Waals surface area contributed by atoms with Gasteiger partial charge in [-0.3, -0.25) is 14.5 Å². The molecule has 2 amide bonds. The lowest BCUT2D eigenvalue weighted by atomic mass is 10.1. The Hall–Kier alpha value is -3.24. The van der Waals surface area contributed by atoms with Gasteiger partial charge in [0.25, 0.3) is 5.91 Å². The summed E-state index contributed by atoms with van der Waals surface area (Å²) in [6.45, 7) is 1.46. The Morgan fingerprint density at radius 1 is 1.27 bits per heavy atom. The molecule has 1 unspecified atom stereocenters. The minimum atomic E-state index is -1.35. The maximum Gasteiger partial charge on any atom is 0.339 e. The van der Waals surface area contributed by atoms with Gasteiger partial charge in [0.05, 0.1) is 4.91 Å². The van der Waals surface area contributed by atoms with E-state index < -0.39 is 35.4 Å². The molecule has 0 radical (unpaired) electrons. The third kappa shape index (κ3) is 4.34. The number of carboxylic acid groups (broad SMARTS) is 1. The van der Waals surface area contributed by atoms with Crippen molar-refractivity contribution < 1.29 is 29.0 Å². The molecule has 1 aliphatic heterocycles. The molecule has 3 rings (SSSR count). The van der Waals surface area contributed by atoms with Crippen LogP contribution in [0.5, 0.6) is 5.75 Å². The summed E-state index contributed by atoms with van der Waals surface area (Å²) in [5.74, 6) is -3.43. The number of carbonyl (C=O) groups is 3. The van der Waals surface area contributed by atoms with Crippen molar-refractivity contribution in [1.82, 2.24) is 4.90 Å². The highest BCUT2D eigenvalue weighted by molar-refractivity contribution is 8.26. The summed E-state index contributed by atoms with van der Waals surface area (Å²) in [5.41, 5.74) is -0.0197. The molecule has 1 heterocycles. The second kappa shape index (κ2) is 8.64. The predicted molar refractivity (Wildman–Crippen MR) is 115 cm³/mol. The van der Waals surface area contributed by atoms with Crippen molar-refractivity contribution in [3.63, 3.8) is 0 Å². The number of rotatable bonds is 5. The van der Waals surface area contributed by atoms with Crippen LogP contribution in [0, 0.1) is 5.82 Å². The summed E-state index contributed by atoms with van der Waals surface area (Å²) >= 11 is 6.18. The molecular formula is C20H15FN2O5S2. The lowest BCUT2D eigenvalue weighted by molar-refractivity contribution is -0.129. The zero-order valence-electron chi connectivity index (χ0n) is 15.5. The number of nitrogens with zero attached hydrogens (tertiary/aromatic N) is 1. The topological polar surface area (TPSA) is 107 Å². The van der Waals surface area contributed by atoms with Crippen molar-refractivity contribution in [2.45, 2.75) is 13.0 Å². The first-order valence-corrected chi connectivity index (χ1v) is 9.80. The molecule has 1 saturated heterocycles. The van der Waals surface area contributed by atoms with E-state index in [0.29, 0.717) is 0 Å². The average molecular weight is 446 g/mol. The van der Waals surface area contributed by atoms with Gasteiger partial charge in [0, 0.05) is 11.3 Å². The second-order valence-corrected chi connectivity index (χ2v) is 7.95. The summed E-state index contributed by atoms with van der Waals surface area (Å²) in [6.07, 6.45) is 1.37. The minimum Gasteiger partial charge on any atom is -0.507 e. The number of carbonyl (C=O) groups excluding carboxylic acids is 2. The fourth-order valence-corrected chi connectivity index (χ4v) is 4.11. The van der Waals surface area contributed by atoms with Crippen LogP contribution in [-0.2, 0) is 9.59 Å². The molecule has 2 aromatic rings. The Bertz CT molecular complexity index is 1100. The van der Waals surface area contributed by atoms with Crippen LogP contribution in [0.4, 0.5) is 10.1 Å². The molecule has 7 nitrogen and oxygen atoms in total. The van der Waals surface area contributed by atoms with E-state index in [9.17, 15) is 23.9 Å². The quantitative estimate of drug-likeness (QED) is 0.367. The van der Waals surface area contributed by atoms with Crippen molar-refractivity contribution in [3.8, 4) is 5.75 Å². The van der Waals surface area contributed by atoms with Gasteiger partial charge in [0.2, 0.25) is 5.91 Å². The first kappa shape index (κ1) is 21.5. The van der Waals surface area contributed by atoms with Crippen molar-refractivity contribution in [2.75, 3.05) is 5.32 Å². The summed E-state index contributed by atoms with van der Waals surface area (Å²) in [6, 6.07) is 8.51. The Labute approximate surface area is 180 Å². The molecular weight excluding hydrogens is 431 g/mol. The summed E-state index contributed by atoms with van der Waals surface area (Å²) in [7, 11) is 0. The molecule has 0 spiro atoms. The molecule has 10 heteroatoms. The van der Waals surface area contributed by atoms with Crippen LogP contribution in [0.15, 0.2) is 47.4 Å². The number of halogens is 1. The van der Waals surface area contributed by atoms with E-state index in [1.807, 2.05) is 0 Å². The Morgan fingerprint density at radius 3 is 2.63 bits per heavy atom. The minimum absolute atomic E-state index is 0.134. The van der Waals surface area contributed by atoms with E-state index in [-0.39, 0.29) is 26.0 Å². The molecule has 1 fully saturated rings. The molecule has 0 aromatic heterocycles. The number of aromatic hydroxyl groups is 1. The smallest absolute Gasteiger partial charge is 0.339 e. The first-order chi connectivity index (χ1) is 14.2. The van der Waals surface area contributed by atoms with E-state index in [1.54, 1.807) is 6.07 Å². The van der Waals surface area contributed by atoms with Crippen LogP contribution in [0.25, 0.3) is 6.08 Å². The molecule has 3 N–H and O–H groups in total. The molecule has 30 heavy (non-hydrogen) atoms. The normalized spacial score (nSPS) is 16.1. The van der Waals surface area contributed by atoms with Gasteiger partial charge in [-0.2, -0.15) is 0 Å². The van der Waals surface area contributed by atoms with Crippen molar-refractivity contribution in [1.29, 1.82) is 0 Å².